The molecule has 158 valence electrons. The summed E-state index contributed by atoms with van der Waals surface area (Å²) in [6.45, 7) is 1.35. The van der Waals surface area contributed by atoms with Crippen LogP contribution in [0.1, 0.15) is 10.4 Å². The second kappa shape index (κ2) is 9.64. The Balaban J connectivity index is 1.65. The van der Waals surface area contributed by atoms with Gasteiger partial charge in [-0.1, -0.05) is 53.8 Å². The number of amides is 1. The quantitative estimate of drug-likeness (QED) is 0.331. The lowest BCUT2D eigenvalue weighted by atomic mass is 10.0. The number of carbonyl (C=O) groups excluding carboxylic acids is 1. The summed E-state index contributed by atoms with van der Waals surface area (Å²) < 4.78 is 1.10. The SMILES string of the molecule is CSc1ccc2nc(N(CCN(C)C)C(=O)c3ccc(-c4ccccc4)cc3)sc2c1. The predicted molar refractivity (Wildman–Crippen MR) is 134 cm³/mol. The van der Waals surface area contributed by atoms with Gasteiger partial charge in [0.2, 0.25) is 0 Å². The van der Waals surface area contributed by atoms with E-state index in [0.717, 1.165) is 33.0 Å². The molecule has 0 bridgehead atoms. The first-order chi connectivity index (χ1) is 15.0. The molecule has 0 aliphatic carbocycles. The summed E-state index contributed by atoms with van der Waals surface area (Å²) in [4.78, 5) is 23.3. The van der Waals surface area contributed by atoms with E-state index < -0.39 is 0 Å². The molecular weight excluding hydrogens is 422 g/mol. The maximum Gasteiger partial charge on any atom is 0.260 e. The molecule has 6 heteroatoms. The number of aromatic nitrogens is 1. The summed E-state index contributed by atoms with van der Waals surface area (Å²) in [5, 5.41) is 0.743. The topological polar surface area (TPSA) is 36.4 Å². The number of carbonyl (C=O) groups is 1. The van der Waals surface area contributed by atoms with Crippen LogP contribution in [0.3, 0.4) is 0 Å². The molecule has 4 rings (SSSR count). The Hall–Kier alpha value is -2.67. The number of likely N-dealkylation sites (N-methyl/N-ethyl adjacent to an activating group) is 1. The van der Waals surface area contributed by atoms with Gasteiger partial charge in [0, 0.05) is 23.5 Å². The van der Waals surface area contributed by atoms with E-state index in [0.29, 0.717) is 12.1 Å². The summed E-state index contributed by atoms with van der Waals surface area (Å²) >= 11 is 3.28. The minimum absolute atomic E-state index is 0.0226. The highest BCUT2D eigenvalue weighted by atomic mass is 32.2. The van der Waals surface area contributed by atoms with Gasteiger partial charge in [-0.05, 0) is 61.8 Å². The third-order valence-electron chi connectivity index (χ3n) is 5.07. The number of hydrogen-bond acceptors (Lipinski definition) is 5. The van der Waals surface area contributed by atoms with Crippen LogP contribution in [-0.4, -0.2) is 49.2 Å². The third kappa shape index (κ3) is 4.98. The van der Waals surface area contributed by atoms with Crippen molar-refractivity contribution in [3.8, 4) is 11.1 Å². The minimum Gasteiger partial charge on any atom is -0.308 e. The lowest BCUT2D eigenvalue weighted by molar-refractivity contribution is 0.0985. The lowest BCUT2D eigenvalue weighted by Gasteiger charge is -2.22. The predicted octanol–water partition coefficient (Wildman–Crippen LogP) is 5.89. The zero-order valence-corrected chi connectivity index (χ0v) is 19.5. The number of rotatable bonds is 7. The fourth-order valence-electron chi connectivity index (χ4n) is 3.31. The maximum absolute atomic E-state index is 13.5. The van der Waals surface area contributed by atoms with Crippen molar-refractivity contribution in [3.05, 3.63) is 78.4 Å². The van der Waals surface area contributed by atoms with Gasteiger partial charge in [-0.2, -0.15) is 0 Å². The van der Waals surface area contributed by atoms with Crippen molar-refractivity contribution in [1.82, 2.24) is 9.88 Å². The molecule has 4 nitrogen and oxygen atoms in total. The average molecular weight is 448 g/mol. The molecule has 1 heterocycles. The van der Waals surface area contributed by atoms with Crippen LogP contribution >= 0.6 is 23.1 Å². The van der Waals surface area contributed by atoms with Gasteiger partial charge in [-0.3, -0.25) is 9.69 Å². The molecule has 0 radical (unpaired) electrons. The van der Waals surface area contributed by atoms with Crippen LogP contribution < -0.4 is 4.90 Å². The van der Waals surface area contributed by atoms with Crippen LogP contribution in [0.25, 0.3) is 21.3 Å². The van der Waals surface area contributed by atoms with E-state index in [-0.39, 0.29) is 5.91 Å². The smallest absolute Gasteiger partial charge is 0.260 e. The molecule has 3 aromatic carbocycles. The van der Waals surface area contributed by atoms with Crippen LogP contribution in [0.15, 0.2) is 77.7 Å². The van der Waals surface area contributed by atoms with Crippen molar-refractivity contribution in [1.29, 1.82) is 0 Å². The van der Waals surface area contributed by atoms with Crippen molar-refractivity contribution in [2.24, 2.45) is 0 Å². The Morgan fingerprint density at radius 3 is 2.32 bits per heavy atom. The minimum atomic E-state index is -0.0226. The molecule has 4 aromatic rings. The highest BCUT2D eigenvalue weighted by Gasteiger charge is 2.21. The number of hydrogen-bond donors (Lipinski definition) is 0. The molecule has 31 heavy (non-hydrogen) atoms. The summed E-state index contributed by atoms with van der Waals surface area (Å²) in [6, 6.07) is 24.3. The number of fused-ring (bicyclic) bond motifs is 1. The molecule has 1 amide bonds. The van der Waals surface area contributed by atoms with Crippen molar-refractivity contribution in [2.75, 3.05) is 38.3 Å². The number of nitrogens with zero attached hydrogens (tertiary/aromatic N) is 3. The van der Waals surface area contributed by atoms with Gasteiger partial charge < -0.3 is 4.90 Å². The van der Waals surface area contributed by atoms with Gasteiger partial charge in [-0.15, -0.1) is 11.8 Å². The Morgan fingerprint density at radius 2 is 1.65 bits per heavy atom. The Morgan fingerprint density at radius 1 is 0.935 bits per heavy atom. The molecule has 0 saturated carbocycles. The summed E-state index contributed by atoms with van der Waals surface area (Å²) in [5.74, 6) is -0.0226. The lowest BCUT2D eigenvalue weighted by Crippen LogP contribution is -2.36. The van der Waals surface area contributed by atoms with Gasteiger partial charge in [0.25, 0.3) is 5.91 Å². The van der Waals surface area contributed by atoms with Gasteiger partial charge in [0.15, 0.2) is 5.13 Å². The summed E-state index contributed by atoms with van der Waals surface area (Å²) in [7, 11) is 4.03. The van der Waals surface area contributed by atoms with Crippen LogP contribution in [0.5, 0.6) is 0 Å². The summed E-state index contributed by atoms with van der Waals surface area (Å²) in [5.41, 5.74) is 3.84. The number of thioether (sulfide) groups is 1. The molecule has 1 aromatic heterocycles. The fraction of sp³-hybridized carbons (Fsp3) is 0.200. The molecule has 0 fully saturated rings. The molecule has 0 aliphatic heterocycles. The van der Waals surface area contributed by atoms with E-state index >= 15 is 0 Å². The first kappa shape index (κ1) is 21.6. The number of thiazole rings is 1. The summed E-state index contributed by atoms with van der Waals surface area (Å²) in [6.07, 6.45) is 2.06. The second-order valence-electron chi connectivity index (χ2n) is 7.53. The van der Waals surface area contributed by atoms with E-state index in [4.69, 9.17) is 4.98 Å². The Kier molecular flexibility index (Phi) is 6.70. The first-order valence-corrected chi connectivity index (χ1v) is 12.2. The standard InChI is InChI=1S/C25H25N3OS2/c1-27(2)15-16-28(25-26-22-14-13-21(30-3)17-23(22)31-25)24(29)20-11-9-19(10-12-20)18-7-5-4-6-8-18/h4-14,17H,15-16H2,1-3H3. The Labute approximate surface area is 191 Å². The molecule has 0 aliphatic rings. The van der Waals surface area contributed by atoms with Crippen molar-refractivity contribution < 1.29 is 4.79 Å². The van der Waals surface area contributed by atoms with Crippen LogP contribution in [-0.2, 0) is 0 Å². The highest BCUT2D eigenvalue weighted by Crippen LogP contribution is 2.32. The first-order valence-electron chi connectivity index (χ1n) is 10.1. The fourth-order valence-corrected chi connectivity index (χ4v) is 4.85. The van der Waals surface area contributed by atoms with Gasteiger partial charge in [0.1, 0.15) is 0 Å². The third-order valence-corrected chi connectivity index (χ3v) is 6.84. The number of anilines is 1. The average Bonchev–Trinajstić information content (AvgIpc) is 3.22. The molecule has 0 saturated heterocycles. The second-order valence-corrected chi connectivity index (χ2v) is 9.42. The molecule has 0 spiro atoms. The monoisotopic (exact) mass is 447 g/mol. The van der Waals surface area contributed by atoms with Crippen molar-refractivity contribution >= 4 is 44.4 Å². The molecule has 0 unspecified atom stereocenters. The number of benzene rings is 3. The zero-order chi connectivity index (χ0) is 21.8. The largest absolute Gasteiger partial charge is 0.308 e. The van der Waals surface area contributed by atoms with E-state index in [1.807, 2.05) is 62.6 Å². The zero-order valence-electron chi connectivity index (χ0n) is 17.9. The van der Waals surface area contributed by atoms with Crippen LogP contribution in [0.4, 0.5) is 5.13 Å². The molecule has 0 N–H and O–H groups in total. The molecular formula is C25H25N3OS2. The van der Waals surface area contributed by atoms with Crippen LogP contribution in [0.2, 0.25) is 0 Å². The van der Waals surface area contributed by atoms with E-state index in [9.17, 15) is 4.79 Å². The molecule has 0 atom stereocenters. The Bertz CT molecular complexity index is 1170. The van der Waals surface area contributed by atoms with Gasteiger partial charge in [-0.25, -0.2) is 4.98 Å². The van der Waals surface area contributed by atoms with Crippen molar-refractivity contribution in [3.63, 3.8) is 0 Å². The van der Waals surface area contributed by atoms with Gasteiger partial charge >= 0.3 is 0 Å². The van der Waals surface area contributed by atoms with Crippen molar-refractivity contribution in [2.45, 2.75) is 4.90 Å². The normalized spacial score (nSPS) is 11.2. The van der Waals surface area contributed by atoms with E-state index in [1.165, 1.54) is 4.90 Å². The van der Waals surface area contributed by atoms with Gasteiger partial charge in [0.05, 0.1) is 10.2 Å². The van der Waals surface area contributed by atoms with E-state index in [2.05, 4.69) is 35.4 Å². The van der Waals surface area contributed by atoms with E-state index in [1.54, 1.807) is 28.0 Å². The highest BCUT2D eigenvalue weighted by molar-refractivity contribution is 7.98. The van der Waals surface area contributed by atoms with Crippen LogP contribution in [0, 0.1) is 0 Å². The maximum atomic E-state index is 13.5.